The fourth-order valence-corrected chi connectivity index (χ4v) is 6.24. The lowest BCUT2D eigenvalue weighted by Gasteiger charge is -2.21. The highest BCUT2D eigenvalue weighted by molar-refractivity contribution is 7.93. The monoisotopic (exact) mass is 468 g/mol. The van der Waals surface area contributed by atoms with Crippen LogP contribution in [0.25, 0.3) is 21.7 Å². The van der Waals surface area contributed by atoms with Crippen molar-refractivity contribution in [3.8, 4) is 0 Å². The number of furan rings is 1. The Balaban J connectivity index is 1.35. The molecule has 1 aliphatic rings. The van der Waals surface area contributed by atoms with Gasteiger partial charge in [-0.15, -0.1) is 0 Å². The van der Waals surface area contributed by atoms with Crippen molar-refractivity contribution >= 4 is 43.4 Å². The fourth-order valence-electron chi connectivity index (χ4n) is 4.57. The molecule has 2 heterocycles. The predicted octanol–water partition coefficient (Wildman–Crippen LogP) is 5.00. The van der Waals surface area contributed by atoms with E-state index in [0.717, 1.165) is 21.9 Å². The Morgan fingerprint density at radius 1 is 0.853 bits per heavy atom. The maximum Gasteiger partial charge on any atom is 0.265 e. The quantitative estimate of drug-likeness (QED) is 0.394. The van der Waals surface area contributed by atoms with Crippen LogP contribution in [0.3, 0.4) is 0 Å². The van der Waals surface area contributed by atoms with Crippen LogP contribution in [0.4, 0.5) is 5.69 Å². The average Bonchev–Trinajstić information content (AvgIpc) is 3.37. The van der Waals surface area contributed by atoms with Gasteiger partial charge in [0.05, 0.1) is 10.6 Å². The summed E-state index contributed by atoms with van der Waals surface area (Å²) < 4.78 is 33.8. The topological polar surface area (TPSA) is 79.6 Å². The van der Waals surface area contributed by atoms with E-state index in [1.54, 1.807) is 24.3 Å². The van der Waals surface area contributed by atoms with Crippen molar-refractivity contribution in [1.82, 2.24) is 5.32 Å². The Kier molecular flexibility index (Phi) is 4.67. The van der Waals surface area contributed by atoms with Crippen LogP contribution >= 0.6 is 0 Å². The second kappa shape index (κ2) is 7.74. The molecular weight excluding hydrogens is 448 g/mol. The van der Waals surface area contributed by atoms with Gasteiger partial charge < -0.3 is 9.73 Å². The maximum atomic E-state index is 13.3. The molecule has 168 valence electrons. The summed E-state index contributed by atoms with van der Waals surface area (Å²) in [6.45, 7) is -0.334. The van der Waals surface area contributed by atoms with Crippen LogP contribution in [0.15, 0.2) is 106 Å². The minimum absolute atomic E-state index is 0.227. The molecule has 0 aliphatic carbocycles. The summed E-state index contributed by atoms with van der Waals surface area (Å²) in [5, 5.41) is 5.40. The summed E-state index contributed by atoms with van der Waals surface area (Å²) in [4.78, 5) is 13.5. The van der Waals surface area contributed by atoms with Crippen LogP contribution in [0.2, 0.25) is 0 Å². The first-order valence-corrected chi connectivity index (χ1v) is 12.3. The molecule has 1 aliphatic heterocycles. The molecule has 0 fully saturated rings. The van der Waals surface area contributed by atoms with Crippen molar-refractivity contribution in [2.24, 2.45) is 0 Å². The van der Waals surface area contributed by atoms with Gasteiger partial charge in [0.25, 0.3) is 10.0 Å². The summed E-state index contributed by atoms with van der Waals surface area (Å²) in [5.41, 5.74) is 2.07. The normalized spacial score (nSPS) is 15.0. The van der Waals surface area contributed by atoms with Gasteiger partial charge in [-0.25, -0.2) is 8.42 Å². The molecule has 1 aromatic heterocycles. The maximum absolute atomic E-state index is 13.3. The van der Waals surface area contributed by atoms with Crippen molar-refractivity contribution in [2.75, 3.05) is 10.8 Å². The number of nitrogens with one attached hydrogen (secondary N) is 1. The number of fused-ring (bicyclic) bond motifs is 1. The third kappa shape index (κ3) is 3.24. The van der Waals surface area contributed by atoms with Crippen molar-refractivity contribution in [1.29, 1.82) is 0 Å². The van der Waals surface area contributed by atoms with Gasteiger partial charge in [-0.3, -0.25) is 9.10 Å². The highest BCUT2D eigenvalue weighted by Crippen LogP contribution is 2.41. The fraction of sp³-hybridized carbons (Fsp3) is 0.0741. The first-order valence-electron chi connectivity index (χ1n) is 10.9. The van der Waals surface area contributed by atoms with Crippen LogP contribution in [0.1, 0.15) is 17.4 Å². The van der Waals surface area contributed by atoms with Crippen molar-refractivity contribution < 1.29 is 17.6 Å². The van der Waals surface area contributed by atoms with Crippen LogP contribution in [-0.4, -0.2) is 20.9 Å². The van der Waals surface area contributed by atoms with Gasteiger partial charge in [0.2, 0.25) is 5.91 Å². The Hall–Kier alpha value is -4.10. The Morgan fingerprint density at radius 2 is 1.56 bits per heavy atom. The van der Waals surface area contributed by atoms with Gasteiger partial charge in [0, 0.05) is 10.8 Å². The van der Waals surface area contributed by atoms with E-state index in [1.165, 1.54) is 4.31 Å². The molecule has 6 rings (SSSR count). The number of hydrogen-bond acceptors (Lipinski definition) is 4. The van der Waals surface area contributed by atoms with Crippen LogP contribution in [0.5, 0.6) is 0 Å². The van der Waals surface area contributed by atoms with Crippen LogP contribution in [0, 0.1) is 0 Å². The predicted molar refractivity (Wildman–Crippen MR) is 131 cm³/mol. The third-order valence-electron chi connectivity index (χ3n) is 6.14. The highest BCUT2D eigenvalue weighted by Gasteiger charge is 2.37. The van der Waals surface area contributed by atoms with Crippen LogP contribution in [-0.2, 0) is 14.8 Å². The van der Waals surface area contributed by atoms with E-state index in [9.17, 15) is 13.2 Å². The Morgan fingerprint density at radius 3 is 2.35 bits per heavy atom. The van der Waals surface area contributed by atoms with Gasteiger partial charge >= 0.3 is 0 Å². The molecule has 0 radical (unpaired) electrons. The number of benzene rings is 4. The molecule has 0 bridgehead atoms. The molecule has 7 heteroatoms. The van der Waals surface area contributed by atoms with E-state index in [2.05, 4.69) is 5.32 Å². The molecule has 0 spiro atoms. The molecule has 1 atom stereocenters. The number of hydrogen-bond donors (Lipinski definition) is 1. The van der Waals surface area contributed by atoms with E-state index in [1.807, 2.05) is 72.8 Å². The molecule has 1 N–H and O–H groups in total. The van der Waals surface area contributed by atoms with Crippen molar-refractivity contribution in [3.63, 3.8) is 0 Å². The molecule has 6 nitrogen and oxygen atoms in total. The van der Waals surface area contributed by atoms with Gasteiger partial charge in [0.1, 0.15) is 23.9 Å². The SMILES string of the molecule is O=C(CN1c2cccc3cccc(c23)S1(=O)=O)NC(c1ccccc1)c1cc2ccccc2o1. The minimum Gasteiger partial charge on any atom is -0.459 e. The summed E-state index contributed by atoms with van der Waals surface area (Å²) >= 11 is 0. The second-order valence-electron chi connectivity index (χ2n) is 8.24. The van der Waals surface area contributed by atoms with Gasteiger partial charge in [-0.05, 0) is 35.2 Å². The van der Waals surface area contributed by atoms with Gasteiger partial charge in [-0.1, -0.05) is 72.8 Å². The molecule has 5 aromatic rings. The highest BCUT2D eigenvalue weighted by atomic mass is 32.2. The van der Waals surface area contributed by atoms with Crippen LogP contribution < -0.4 is 9.62 Å². The summed E-state index contributed by atoms with van der Waals surface area (Å²) in [6.07, 6.45) is 0. The molecule has 1 amide bonds. The molecule has 4 aromatic carbocycles. The summed E-state index contributed by atoms with van der Waals surface area (Å²) in [5.74, 6) is 0.151. The lowest BCUT2D eigenvalue weighted by Crippen LogP contribution is -2.40. The number of sulfonamides is 1. The molecular formula is C27H20N2O4S. The lowest BCUT2D eigenvalue weighted by atomic mass is 10.0. The molecule has 0 saturated carbocycles. The Labute approximate surface area is 196 Å². The number of nitrogens with zero attached hydrogens (tertiary/aromatic N) is 1. The molecule has 1 unspecified atom stereocenters. The van der Waals surface area contributed by atoms with E-state index in [0.29, 0.717) is 16.8 Å². The smallest absolute Gasteiger partial charge is 0.265 e. The summed E-state index contributed by atoms with van der Waals surface area (Å²) in [7, 11) is -3.83. The van der Waals surface area contributed by atoms with E-state index < -0.39 is 22.0 Å². The largest absolute Gasteiger partial charge is 0.459 e. The molecule has 0 saturated heterocycles. The minimum atomic E-state index is -3.83. The number of amides is 1. The van der Waals surface area contributed by atoms with Gasteiger partial charge in [-0.2, -0.15) is 0 Å². The van der Waals surface area contributed by atoms with Crippen molar-refractivity contribution in [3.05, 3.63) is 108 Å². The standard InChI is InChI=1S/C27H20N2O4S/c30-25(17-29-21-13-6-11-18-12-7-15-24(26(18)21)34(29,31)32)28-27(19-8-2-1-3-9-19)23-16-20-10-4-5-14-22(20)33-23/h1-16,27H,17H2,(H,28,30). The molecule has 34 heavy (non-hydrogen) atoms. The Bertz CT molecular complexity index is 1620. The zero-order valence-electron chi connectivity index (χ0n) is 18.0. The average molecular weight is 469 g/mol. The first kappa shape index (κ1) is 20.5. The third-order valence-corrected chi connectivity index (χ3v) is 7.94. The second-order valence-corrected chi connectivity index (χ2v) is 10.1. The summed E-state index contributed by atoms with van der Waals surface area (Å²) in [6, 6.07) is 29.0. The van der Waals surface area contributed by atoms with E-state index in [4.69, 9.17) is 4.42 Å². The zero-order chi connectivity index (χ0) is 23.3. The number of carbonyl (C=O) groups is 1. The van der Waals surface area contributed by atoms with E-state index in [-0.39, 0.29) is 11.4 Å². The number of para-hydroxylation sites is 1. The number of rotatable bonds is 5. The van der Waals surface area contributed by atoms with Gasteiger partial charge in [0.15, 0.2) is 0 Å². The van der Waals surface area contributed by atoms with E-state index >= 15 is 0 Å². The lowest BCUT2D eigenvalue weighted by molar-refractivity contribution is -0.120. The van der Waals surface area contributed by atoms with Crippen molar-refractivity contribution in [2.45, 2.75) is 10.9 Å². The number of anilines is 1. The number of carbonyl (C=O) groups excluding carboxylic acids is 1. The first-order chi connectivity index (χ1) is 16.5. The zero-order valence-corrected chi connectivity index (χ0v) is 18.8.